The maximum absolute atomic E-state index is 13.0. The predicted octanol–water partition coefficient (Wildman–Crippen LogP) is 4.28. The van der Waals surface area contributed by atoms with E-state index >= 15 is 0 Å². The van der Waals surface area contributed by atoms with Gasteiger partial charge >= 0.3 is 0 Å². The van der Waals surface area contributed by atoms with E-state index in [0.29, 0.717) is 22.7 Å². The lowest BCUT2D eigenvalue weighted by atomic mass is 9.98. The summed E-state index contributed by atoms with van der Waals surface area (Å²) in [5.41, 5.74) is 2.64. The Morgan fingerprint density at radius 3 is 2.65 bits per heavy atom. The van der Waals surface area contributed by atoms with Crippen molar-refractivity contribution in [3.05, 3.63) is 65.2 Å². The van der Waals surface area contributed by atoms with E-state index < -0.39 is 0 Å². The standard InChI is InChI=1S/C21H20N2O3/c1-13(10-14-8-9-19(26-3)18(24)11-14)21(25)16-12-20(22-2)23-17-7-5-4-6-15(16)17/h4-12,24H,1-3H3,(H,22,23)/b13-10+. The summed E-state index contributed by atoms with van der Waals surface area (Å²) in [5, 5.41) is 13.7. The highest BCUT2D eigenvalue weighted by molar-refractivity contribution is 6.17. The largest absolute Gasteiger partial charge is 0.504 e. The lowest BCUT2D eigenvalue weighted by Gasteiger charge is -2.09. The smallest absolute Gasteiger partial charge is 0.189 e. The van der Waals surface area contributed by atoms with E-state index in [1.165, 1.54) is 7.11 Å². The van der Waals surface area contributed by atoms with Gasteiger partial charge in [-0.3, -0.25) is 4.79 Å². The Bertz CT molecular complexity index is 1010. The molecule has 3 rings (SSSR count). The van der Waals surface area contributed by atoms with Crippen molar-refractivity contribution in [2.24, 2.45) is 0 Å². The SMILES string of the molecule is CNc1cc(C(=O)/C(C)=C/c2ccc(OC)c(O)c2)c2ccccc2n1. The number of methoxy groups -OCH3 is 1. The van der Waals surface area contributed by atoms with Crippen LogP contribution in [0, 0.1) is 0 Å². The van der Waals surface area contributed by atoms with Crippen LogP contribution in [0.15, 0.2) is 54.1 Å². The summed E-state index contributed by atoms with van der Waals surface area (Å²) in [4.78, 5) is 17.5. The average molecular weight is 348 g/mol. The number of anilines is 1. The van der Waals surface area contributed by atoms with E-state index in [4.69, 9.17) is 4.74 Å². The first-order valence-electron chi connectivity index (χ1n) is 8.21. The molecule has 1 aromatic heterocycles. The monoisotopic (exact) mass is 348 g/mol. The number of ketones is 1. The maximum Gasteiger partial charge on any atom is 0.189 e. The van der Waals surface area contributed by atoms with Crippen molar-refractivity contribution in [2.45, 2.75) is 6.92 Å². The first-order valence-corrected chi connectivity index (χ1v) is 8.21. The zero-order valence-corrected chi connectivity index (χ0v) is 14.9. The van der Waals surface area contributed by atoms with Gasteiger partial charge in [-0.2, -0.15) is 0 Å². The third-order valence-corrected chi connectivity index (χ3v) is 4.16. The predicted molar refractivity (Wildman–Crippen MR) is 104 cm³/mol. The van der Waals surface area contributed by atoms with Gasteiger partial charge in [0.2, 0.25) is 0 Å². The molecule has 26 heavy (non-hydrogen) atoms. The second-order valence-corrected chi connectivity index (χ2v) is 5.91. The summed E-state index contributed by atoms with van der Waals surface area (Å²) in [6, 6.07) is 14.3. The number of para-hydroxylation sites is 1. The number of carbonyl (C=O) groups is 1. The summed E-state index contributed by atoms with van der Waals surface area (Å²) < 4.78 is 5.04. The van der Waals surface area contributed by atoms with E-state index in [9.17, 15) is 9.90 Å². The van der Waals surface area contributed by atoms with Crippen molar-refractivity contribution in [3.8, 4) is 11.5 Å². The van der Waals surface area contributed by atoms with Gasteiger partial charge in [-0.1, -0.05) is 24.3 Å². The van der Waals surface area contributed by atoms with Crippen LogP contribution in [0.2, 0.25) is 0 Å². The van der Waals surface area contributed by atoms with Gasteiger partial charge in [0.05, 0.1) is 12.6 Å². The highest BCUT2D eigenvalue weighted by atomic mass is 16.5. The average Bonchev–Trinajstić information content (AvgIpc) is 2.66. The summed E-state index contributed by atoms with van der Waals surface area (Å²) in [7, 11) is 3.27. The van der Waals surface area contributed by atoms with Gasteiger partial charge < -0.3 is 15.2 Å². The number of hydrogen-bond acceptors (Lipinski definition) is 5. The molecule has 2 aromatic carbocycles. The molecule has 5 nitrogen and oxygen atoms in total. The molecule has 0 saturated heterocycles. The van der Waals surface area contributed by atoms with E-state index in [1.54, 1.807) is 44.3 Å². The van der Waals surface area contributed by atoms with Crippen LogP contribution in [0.3, 0.4) is 0 Å². The van der Waals surface area contributed by atoms with Crippen LogP contribution in [0.4, 0.5) is 5.82 Å². The molecule has 0 atom stereocenters. The third-order valence-electron chi connectivity index (χ3n) is 4.16. The molecule has 5 heteroatoms. The summed E-state index contributed by atoms with van der Waals surface area (Å²) in [6.45, 7) is 1.76. The molecule has 0 fully saturated rings. The van der Waals surface area contributed by atoms with Gasteiger partial charge in [0, 0.05) is 18.0 Å². The van der Waals surface area contributed by atoms with Gasteiger partial charge in [0.15, 0.2) is 17.3 Å². The van der Waals surface area contributed by atoms with Gasteiger partial charge in [0.25, 0.3) is 0 Å². The number of allylic oxidation sites excluding steroid dienone is 1. The minimum Gasteiger partial charge on any atom is -0.504 e. The maximum atomic E-state index is 13.0. The van der Waals surface area contributed by atoms with Crippen LogP contribution >= 0.6 is 0 Å². The minimum atomic E-state index is -0.0876. The molecular weight excluding hydrogens is 328 g/mol. The number of rotatable bonds is 5. The Balaban J connectivity index is 2.03. The van der Waals surface area contributed by atoms with Crippen molar-refractivity contribution in [2.75, 3.05) is 19.5 Å². The fourth-order valence-electron chi connectivity index (χ4n) is 2.82. The molecule has 0 spiro atoms. The number of aromatic hydroxyl groups is 1. The molecule has 3 aromatic rings. The highest BCUT2D eigenvalue weighted by Crippen LogP contribution is 2.28. The fourth-order valence-corrected chi connectivity index (χ4v) is 2.82. The topological polar surface area (TPSA) is 71.5 Å². The number of ether oxygens (including phenoxy) is 1. The van der Waals surface area contributed by atoms with Gasteiger partial charge in [0.1, 0.15) is 5.82 Å². The number of aromatic nitrogens is 1. The zero-order valence-electron chi connectivity index (χ0n) is 14.9. The summed E-state index contributed by atoms with van der Waals surface area (Å²) in [6.07, 6.45) is 1.75. The Morgan fingerprint density at radius 2 is 1.96 bits per heavy atom. The van der Waals surface area contributed by atoms with Gasteiger partial charge in [-0.25, -0.2) is 4.98 Å². The molecule has 2 N–H and O–H groups in total. The van der Waals surface area contributed by atoms with Gasteiger partial charge in [-0.05, 0) is 48.4 Å². The number of benzene rings is 2. The number of phenolic OH excluding ortho intramolecular Hbond substituents is 1. The first-order chi connectivity index (χ1) is 12.5. The van der Waals surface area contributed by atoms with E-state index in [1.807, 2.05) is 24.3 Å². The summed E-state index contributed by atoms with van der Waals surface area (Å²) >= 11 is 0. The van der Waals surface area contributed by atoms with Crippen LogP contribution in [-0.4, -0.2) is 30.0 Å². The number of hydrogen-bond donors (Lipinski definition) is 2. The minimum absolute atomic E-state index is 0.0355. The number of phenols is 1. The molecule has 0 aliphatic rings. The van der Waals surface area contributed by atoms with Crippen molar-refractivity contribution < 1.29 is 14.6 Å². The Morgan fingerprint density at radius 1 is 1.19 bits per heavy atom. The van der Waals surface area contributed by atoms with E-state index in [-0.39, 0.29) is 11.5 Å². The lowest BCUT2D eigenvalue weighted by Crippen LogP contribution is -2.04. The fraction of sp³-hybridized carbons (Fsp3) is 0.143. The number of carbonyl (C=O) groups excluding carboxylic acids is 1. The van der Waals surface area contributed by atoms with E-state index in [2.05, 4.69) is 10.3 Å². The first kappa shape index (κ1) is 17.5. The van der Waals surface area contributed by atoms with Crippen molar-refractivity contribution in [3.63, 3.8) is 0 Å². The van der Waals surface area contributed by atoms with E-state index in [0.717, 1.165) is 16.5 Å². The van der Waals surface area contributed by atoms with Crippen LogP contribution < -0.4 is 10.1 Å². The Kier molecular flexibility index (Phi) is 4.89. The normalized spacial score (nSPS) is 11.4. The molecule has 0 amide bonds. The quantitative estimate of drug-likeness (QED) is 0.532. The van der Waals surface area contributed by atoms with Crippen molar-refractivity contribution >= 4 is 28.6 Å². The van der Waals surface area contributed by atoms with Gasteiger partial charge in [-0.15, -0.1) is 0 Å². The second kappa shape index (κ2) is 7.27. The van der Waals surface area contributed by atoms with Crippen LogP contribution in [0.5, 0.6) is 11.5 Å². The molecule has 0 aliphatic heterocycles. The highest BCUT2D eigenvalue weighted by Gasteiger charge is 2.14. The number of fused-ring (bicyclic) bond motifs is 1. The van der Waals surface area contributed by atoms with Crippen LogP contribution in [0.25, 0.3) is 17.0 Å². The molecule has 0 aliphatic carbocycles. The molecule has 0 saturated carbocycles. The zero-order chi connectivity index (χ0) is 18.7. The number of Topliss-reactive ketones (excluding diaryl/α,β-unsaturated/α-hetero) is 1. The molecule has 0 radical (unpaired) electrons. The summed E-state index contributed by atoms with van der Waals surface area (Å²) in [5.74, 6) is 0.982. The molecule has 0 unspecified atom stereocenters. The number of nitrogens with one attached hydrogen (secondary N) is 1. The lowest BCUT2D eigenvalue weighted by molar-refractivity contribution is 0.103. The molecule has 1 heterocycles. The third kappa shape index (κ3) is 3.37. The number of pyridine rings is 1. The molecule has 0 bridgehead atoms. The van der Waals surface area contributed by atoms with Crippen LogP contribution in [-0.2, 0) is 0 Å². The van der Waals surface area contributed by atoms with Crippen molar-refractivity contribution in [1.29, 1.82) is 0 Å². The van der Waals surface area contributed by atoms with Crippen molar-refractivity contribution in [1.82, 2.24) is 4.98 Å². The number of nitrogens with zero attached hydrogens (tertiary/aromatic N) is 1. The Labute approximate surface area is 152 Å². The second-order valence-electron chi connectivity index (χ2n) is 5.91. The van der Waals surface area contributed by atoms with Crippen LogP contribution in [0.1, 0.15) is 22.8 Å². The molecular formula is C21H20N2O3. The Hall–Kier alpha value is -3.34. The molecule has 132 valence electrons.